The maximum absolute atomic E-state index is 11.8. The van der Waals surface area contributed by atoms with Gasteiger partial charge in [0.15, 0.2) is 6.29 Å². The topological polar surface area (TPSA) is 69.7 Å². The smallest absolute Gasteiger partial charge is 0.256 e. The number of ether oxygens (including phenoxy) is 3. The zero-order valence-electron chi connectivity index (χ0n) is 10.1. The van der Waals surface area contributed by atoms with Crippen molar-refractivity contribution in [3.05, 3.63) is 23.9 Å². The zero-order valence-corrected chi connectivity index (χ0v) is 10.1. The van der Waals surface area contributed by atoms with Gasteiger partial charge in [0.2, 0.25) is 5.88 Å². The number of nitrogens with one attached hydrogen (secondary N) is 1. The Kier molecular flexibility index (Phi) is 5.38. The first-order valence-electron chi connectivity index (χ1n) is 5.05. The standard InChI is InChI=1S/C11H16N2O4/c1-15-9(16-2)7-13-10(14)8-5-4-6-12-11(8)17-3/h4-6,9H,7H2,1-3H3,(H,13,14). The van der Waals surface area contributed by atoms with Crippen LogP contribution >= 0.6 is 0 Å². The third kappa shape index (κ3) is 3.69. The summed E-state index contributed by atoms with van der Waals surface area (Å²) >= 11 is 0. The van der Waals surface area contributed by atoms with Gasteiger partial charge >= 0.3 is 0 Å². The van der Waals surface area contributed by atoms with Gasteiger partial charge in [-0.15, -0.1) is 0 Å². The lowest BCUT2D eigenvalue weighted by Crippen LogP contribution is -2.34. The Balaban J connectivity index is 2.63. The largest absolute Gasteiger partial charge is 0.480 e. The van der Waals surface area contributed by atoms with Gasteiger partial charge in [0.25, 0.3) is 5.91 Å². The van der Waals surface area contributed by atoms with Crippen molar-refractivity contribution in [1.82, 2.24) is 10.3 Å². The number of aromatic nitrogens is 1. The van der Waals surface area contributed by atoms with Crippen molar-refractivity contribution in [2.75, 3.05) is 27.9 Å². The summed E-state index contributed by atoms with van der Waals surface area (Å²) in [5, 5.41) is 2.67. The highest BCUT2D eigenvalue weighted by Gasteiger charge is 2.14. The van der Waals surface area contributed by atoms with Crippen LogP contribution in [-0.4, -0.2) is 45.1 Å². The van der Waals surface area contributed by atoms with Crippen LogP contribution in [0.15, 0.2) is 18.3 Å². The van der Waals surface area contributed by atoms with Crippen molar-refractivity contribution >= 4 is 5.91 Å². The molecule has 0 aliphatic rings. The molecule has 6 nitrogen and oxygen atoms in total. The van der Waals surface area contributed by atoms with Crippen LogP contribution in [0.4, 0.5) is 0 Å². The van der Waals surface area contributed by atoms with Crippen LogP contribution in [0.2, 0.25) is 0 Å². The Morgan fingerprint density at radius 2 is 2.12 bits per heavy atom. The number of hydrogen-bond donors (Lipinski definition) is 1. The zero-order chi connectivity index (χ0) is 12.7. The van der Waals surface area contributed by atoms with Gasteiger partial charge < -0.3 is 19.5 Å². The van der Waals surface area contributed by atoms with Crippen molar-refractivity contribution in [1.29, 1.82) is 0 Å². The highest BCUT2D eigenvalue weighted by Crippen LogP contribution is 2.12. The molecule has 0 saturated heterocycles. The summed E-state index contributed by atoms with van der Waals surface area (Å²) in [6.45, 7) is 0.254. The first-order chi connectivity index (χ1) is 8.22. The molecule has 1 aromatic heterocycles. The number of rotatable bonds is 6. The molecular formula is C11H16N2O4. The molecule has 0 aliphatic carbocycles. The minimum absolute atomic E-state index is 0.254. The predicted molar refractivity (Wildman–Crippen MR) is 60.9 cm³/mol. The average Bonchev–Trinajstić information content (AvgIpc) is 2.39. The summed E-state index contributed by atoms with van der Waals surface area (Å²) in [6, 6.07) is 3.30. The molecule has 0 spiro atoms. The molecule has 0 aromatic carbocycles. The van der Waals surface area contributed by atoms with E-state index >= 15 is 0 Å². The molecular weight excluding hydrogens is 224 g/mol. The lowest BCUT2D eigenvalue weighted by Gasteiger charge is -2.14. The van der Waals surface area contributed by atoms with Crippen LogP contribution in [0.5, 0.6) is 5.88 Å². The van der Waals surface area contributed by atoms with Crippen LogP contribution in [-0.2, 0) is 9.47 Å². The van der Waals surface area contributed by atoms with Gasteiger partial charge in [-0.3, -0.25) is 4.79 Å². The molecule has 1 N–H and O–H groups in total. The second-order valence-corrected chi connectivity index (χ2v) is 3.17. The summed E-state index contributed by atoms with van der Waals surface area (Å²) in [6.07, 6.45) is 1.09. The molecule has 0 saturated carbocycles. The Morgan fingerprint density at radius 1 is 1.41 bits per heavy atom. The number of amides is 1. The highest BCUT2D eigenvalue weighted by atomic mass is 16.7. The molecule has 0 radical (unpaired) electrons. The van der Waals surface area contributed by atoms with E-state index < -0.39 is 6.29 Å². The normalized spacial score (nSPS) is 10.4. The maximum atomic E-state index is 11.8. The predicted octanol–water partition coefficient (Wildman–Crippen LogP) is 0.439. The fraction of sp³-hybridized carbons (Fsp3) is 0.455. The van der Waals surface area contributed by atoms with Crippen molar-refractivity contribution in [3.63, 3.8) is 0 Å². The van der Waals surface area contributed by atoms with Gasteiger partial charge in [-0.1, -0.05) is 0 Å². The number of pyridine rings is 1. The van der Waals surface area contributed by atoms with E-state index in [0.29, 0.717) is 5.56 Å². The van der Waals surface area contributed by atoms with Gasteiger partial charge in [0, 0.05) is 20.4 Å². The molecule has 0 aliphatic heterocycles. The van der Waals surface area contributed by atoms with E-state index in [9.17, 15) is 4.79 Å². The lowest BCUT2D eigenvalue weighted by atomic mass is 10.2. The van der Waals surface area contributed by atoms with Gasteiger partial charge in [-0.05, 0) is 12.1 Å². The molecule has 1 rings (SSSR count). The van der Waals surface area contributed by atoms with E-state index in [1.807, 2.05) is 0 Å². The molecule has 0 atom stereocenters. The van der Waals surface area contributed by atoms with E-state index in [1.54, 1.807) is 18.3 Å². The minimum atomic E-state index is -0.471. The maximum Gasteiger partial charge on any atom is 0.256 e. The number of carbonyl (C=O) groups excluding carboxylic acids is 1. The molecule has 1 aromatic rings. The summed E-state index contributed by atoms with van der Waals surface area (Å²) in [5.41, 5.74) is 0.376. The van der Waals surface area contributed by atoms with Crippen LogP contribution in [0.25, 0.3) is 0 Å². The van der Waals surface area contributed by atoms with Gasteiger partial charge in [-0.25, -0.2) is 4.98 Å². The number of hydrogen-bond acceptors (Lipinski definition) is 5. The van der Waals surface area contributed by atoms with Gasteiger partial charge in [0.1, 0.15) is 5.56 Å². The van der Waals surface area contributed by atoms with Crippen molar-refractivity contribution in [2.45, 2.75) is 6.29 Å². The number of nitrogens with zero attached hydrogens (tertiary/aromatic N) is 1. The van der Waals surface area contributed by atoms with E-state index in [-0.39, 0.29) is 18.3 Å². The first-order valence-corrected chi connectivity index (χ1v) is 5.05. The Bertz CT molecular complexity index is 366. The van der Waals surface area contributed by atoms with Crippen LogP contribution < -0.4 is 10.1 Å². The number of carbonyl (C=O) groups is 1. The quantitative estimate of drug-likeness (QED) is 0.731. The lowest BCUT2D eigenvalue weighted by molar-refractivity contribution is -0.0974. The Hall–Kier alpha value is -1.66. The fourth-order valence-corrected chi connectivity index (χ4v) is 1.26. The number of methoxy groups -OCH3 is 3. The third-order valence-corrected chi connectivity index (χ3v) is 2.16. The van der Waals surface area contributed by atoms with Crippen LogP contribution in [0.3, 0.4) is 0 Å². The monoisotopic (exact) mass is 240 g/mol. The van der Waals surface area contributed by atoms with Gasteiger partial charge in [-0.2, -0.15) is 0 Å². The summed E-state index contributed by atoms with van der Waals surface area (Å²) < 4.78 is 14.9. The molecule has 0 bridgehead atoms. The molecule has 0 unspecified atom stereocenters. The van der Waals surface area contributed by atoms with E-state index in [2.05, 4.69) is 10.3 Å². The van der Waals surface area contributed by atoms with E-state index in [1.165, 1.54) is 21.3 Å². The molecule has 6 heteroatoms. The van der Waals surface area contributed by atoms with Crippen molar-refractivity contribution in [2.24, 2.45) is 0 Å². The minimum Gasteiger partial charge on any atom is -0.480 e. The second-order valence-electron chi connectivity index (χ2n) is 3.17. The third-order valence-electron chi connectivity index (χ3n) is 2.16. The molecule has 0 fully saturated rings. The molecule has 1 heterocycles. The fourth-order valence-electron chi connectivity index (χ4n) is 1.26. The summed E-state index contributed by atoms with van der Waals surface area (Å²) in [5.74, 6) is 0.00503. The Morgan fingerprint density at radius 3 is 2.71 bits per heavy atom. The molecule has 94 valence electrons. The summed E-state index contributed by atoms with van der Waals surface area (Å²) in [7, 11) is 4.47. The molecule has 17 heavy (non-hydrogen) atoms. The Labute approximate surface area is 99.9 Å². The first kappa shape index (κ1) is 13.4. The van der Waals surface area contributed by atoms with Crippen LogP contribution in [0.1, 0.15) is 10.4 Å². The van der Waals surface area contributed by atoms with Crippen molar-refractivity contribution in [3.8, 4) is 5.88 Å². The van der Waals surface area contributed by atoms with Crippen LogP contribution in [0, 0.1) is 0 Å². The van der Waals surface area contributed by atoms with Crippen molar-refractivity contribution < 1.29 is 19.0 Å². The van der Waals surface area contributed by atoms with Gasteiger partial charge in [0.05, 0.1) is 13.7 Å². The average molecular weight is 240 g/mol. The second kappa shape index (κ2) is 6.82. The highest BCUT2D eigenvalue weighted by molar-refractivity contribution is 5.96. The SMILES string of the molecule is COc1ncccc1C(=O)NCC(OC)OC. The summed E-state index contributed by atoms with van der Waals surface area (Å²) in [4.78, 5) is 15.8. The van der Waals surface area contributed by atoms with E-state index in [0.717, 1.165) is 0 Å². The van der Waals surface area contributed by atoms with E-state index in [4.69, 9.17) is 14.2 Å². The molecule has 1 amide bonds.